The molecule has 0 aliphatic carbocycles. The number of carbonyl (C=O) groups excluding carboxylic acids is 1. The van der Waals surface area contributed by atoms with Gasteiger partial charge in [-0.05, 0) is 44.9 Å². The SMILES string of the molecule is CC1CC(NC(=O)CCCOc2ccccc2Cl)CCN1. The molecular weight excluding hydrogens is 288 g/mol. The lowest BCUT2D eigenvalue weighted by atomic mass is 10.0. The van der Waals surface area contributed by atoms with Gasteiger partial charge in [0.2, 0.25) is 5.91 Å². The van der Waals surface area contributed by atoms with Crippen molar-refractivity contribution in [2.24, 2.45) is 0 Å². The van der Waals surface area contributed by atoms with Gasteiger partial charge in [0.25, 0.3) is 0 Å². The Morgan fingerprint density at radius 1 is 1.48 bits per heavy atom. The predicted molar refractivity (Wildman–Crippen MR) is 84.8 cm³/mol. The van der Waals surface area contributed by atoms with Crippen molar-refractivity contribution in [3.63, 3.8) is 0 Å². The van der Waals surface area contributed by atoms with Crippen LogP contribution in [0, 0.1) is 0 Å². The number of ether oxygens (including phenoxy) is 1. The number of amides is 1. The number of benzene rings is 1. The molecule has 1 fully saturated rings. The van der Waals surface area contributed by atoms with Crippen LogP contribution in [0.15, 0.2) is 24.3 Å². The van der Waals surface area contributed by atoms with Gasteiger partial charge in [-0.2, -0.15) is 0 Å². The molecule has 116 valence electrons. The van der Waals surface area contributed by atoms with Crippen LogP contribution in [-0.4, -0.2) is 31.1 Å². The highest BCUT2D eigenvalue weighted by molar-refractivity contribution is 6.32. The summed E-state index contributed by atoms with van der Waals surface area (Å²) in [7, 11) is 0. The van der Waals surface area contributed by atoms with Crippen LogP contribution in [0.1, 0.15) is 32.6 Å². The summed E-state index contributed by atoms with van der Waals surface area (Å²) >= 11 is 6.00. The Hall–Kier alpha value is -1.26. The third kappa shape index (κ3) is 5.56. The quantitative estimate of drug-likeness (QED) is 0.794. The van der Waals surface area contributed by atoms with Crippen molar-refractivity contribution in [3.05, 3.63) is 29.3 Å². The second-order valence-corrected chi connectivity index (χ2v) is 5.93. The molecule has 1 aromatic carbocycles. The molecule has 5 heteroatoms. The lowest BCUT2D eigenvalue weighted by Crippen LogP contribution is -2.46. The third-order valence-corrected chi connectivity index (χ3v) is 3.94. The molecule has 0 spiro atoms. The van der Waals surface area contributed by atoms with Gasteiger partial charge >= 0.3 is 0 Å². The fraction of sp³-hybridized carbons (Fsp3) is 0.562. The Balaban J connectivity index is 1.62. The van der Waals surface area contributed by atoms with E-state index in [-0.39, 0.29) is 5.91 Å². The molecule has 2 unspecified atom stereocenters. The fourth-order valence-electron chi connectivity index (χ4n) is 2.54. The standard InChI is InChI=1S/C16H23ClN2O2/c1-12-11-13(8-9-18-12)19-16(20)7-4-10-21-15-6-3-2-5-14(15)17/h2-3,5-6,12-13,18H,4,7-11H2,1H3,(H,19,20). The average molecular weight is 311 g/mol. The normalized spacial score (nSPS) is 21.8. The molecule has 2 N–H and O–H groups in total. The summed E-state index contributed by atoms with van der Waals surface area (Å²) in [6.45, 7) is 3.62. The molecule has 0 bridgehead atoms. The second-order valence-electron chi connectivity index (χ2n) is 5.53. The minimum Gasteiger partial charge on any atom is -0.492 e. The number of piperidine rings is 1. The van der Waals surface area contributed by atoms with E-state index in [1.165, 1.54) is 0 Å². The molecule has 0 aromatic heterocycles. The van der Waals surface area contributed by atoms with Gasteiger partial charge in [0.15, 0.2) is 0 Å². The molecule has 2 rings (SSSR count). The second kappa shape index (κ2) is 8.25. The maximum atomic E-state index is 11.9. The molecular formula is C16H23ClN2O2. The summed E-state index contributed by atoms with van der Waals surface area (Å²) in [5.41, 5.74) is 0. The van der Waals surface area contributed by atoms with E-state index in [4.69, 9.17) is 16.3 Å². The van der Waals surface area contributed by atoms with E-state index in [9.17, 15) is 4.79 Å². The summed E-state index contributed by atoms with van der Waals surface area (Å²) in [6, 6.07) is 8.15. The van der Waals surface area contributed by atoms with E-state index < -0.39 is 0 Å². The minimum atomic E-state index is 0.108. The lowest BCUT2D eigenvalue weighted by molar-refractivity contribution is -0.122. The number of carbonyl (C=O) groups is 1. The summed E-state index contributed by atoms with van der Waals surface area (Å²) < 4.78 is 5.57. The van der Waals surface area contributed by atoms with Crippen molar-refractivity contribution < 1.29 is 9.53 Å². The van der Waals surface area contributed by atoms with Crippen molar-refractivity contribution in [3.8, 4) is 5.75 Å². The summed E-state index contributed by atoms with van der Waals surface area (Å²) in [5, 5.41) is 7.08. The van der Waals surface area contributed by atoms with Gasteiger partial charge in [0.05, 0.1) is 11.6 Å². The van der Waals surface area contributed by atoms with Crippen molar-refractivity contribution in [2.75, 3.05) is 13.2 Å². The van der Waals surface area contributed by atoms with Crippen LogP contribution in [-0.2, 0) is 4.79 Å². The van der Waals surface area contributed by atoms with E-state index in [0.29, 0.717) is 42.3 Å². The monoisotopic (exact) mass is 310 g/mol. The predicted octanol–water partition coefficient (Wildman–Crippen LogP) is 2.76. The smallest absolute Gasteiger partial charge is 0.220 e. The third-order valence-electron chi connectivity index (χ3n) is 3.63. The molecule has 1 aliphatic rings. The minimum absolute atomic E-state index is 0.108. The molecule has 1 saturated heterocycles. The maximum absolute atomic E-state index is 11.9. The molecule has 2 atom stereocenters. The first-order chi connectivity index (χ1) is 10.1. The topological polar surface area (TPSA) is 50.4 Å². The molecule has 1 aromatic rings. The van der Waals surface area contributed by atoms with Crippen LogP contribution >= 0.6 is 11.6 Å². The molecule has 0 radical (unpaired) electrons. The highest BCUT2D eigenvalue weighted by Gasteiger charge is 2.19. The highest BCUT2D eigenvalue weighted by Crippen LogP contribution is 2.23. The number of nitrogens with one attached hydrogen (secondary N) is 2. The van der Waals surface area contributed by atoms with E-state index >= 15 is 0 Å². The first kappa shape index (κ1) is 16.1. The summed E-state index contributed by atoms with van der Waals surface area (Å²) in [5.74, 6) is 0.781. The molecule has 0 saturated carbocycles. The van der Waals surface area contributed by atoms with Crippen LogP contribution in [0.2, 0.25) is 5.02 Å². The number of rotatable bonds is 6. The van der Waals surface area contributed by atoms with Gasteiger partial charge in [0.1, 0.15) is 5.75 Å². The van der Waals surface area contributed by atoms with Crippen molar-refractivity contribution in [1.29, 1.82) is 0 Å². The van der Waals surface area contributed by atoms with Crippen molar-refractivity contribution in [1.82, 2.24) is 10.6 Å². The van der Waals surface area contributed by atoms with E-state index in [1.807, 2.05) is 18.2 Å². The van der Waals surface area contributed by atoms with Crippen molar-refractivity contribution >= 4 is 17.5 Å². The Morgan fingerprint density at radius 3 is 3.05 bits per heavy atom. The van der Waals surface area contributed by atoms with Crippen molar-refractivity contribution in [2.45, 2.75) is 44.7 Å². The zero-order chi connectivity index (χ0) is 15.1. The van der Waals surface area contributed by atoms with E-state index in [0.717, 1.165) is 19.4 Å². The molecule has 1 amide bonds. The summed E-state index contributed by atoms with van der Waals surface area (Å²) in [6.07, 6.45) is 3.19. The number of para-hydroxylation sites is 1. The van der Waals surface area contributed by atoms with Crippen LogP contribution in [0.4, 0.5) is 0 Å². The number of hydrogen-bond acceptors (Lipinski definition) is 3. The zero-order valence-electron chi connectivity index (χ0n) is 12.4. The number of halogens is 1. The Kier molecular flexibility index (Phi) is 6.33. The van der Waals surface area contributed by atoms with Gasteiger partial charge in [-0.25, -0.2) is 0 Å². The Morgan fingerprint density at radius 2 is 2.29 bits per heavy atom. The molecule has 1 heterocycles. The highest BCUT2D eigenvalue weighted by atomic mass is 35.5. The van der Waals surface area contributed by atoms with Gasteiger partial charge < -0.3 is 15.4 Å². The van der Waals surface area contributed by atoms with E-state index in [1.54, 1.807) is 6.07 Å². The van der Waals surface area contributed by atoms with Gasteiger partial charge in [-0.15, -0.1) is 0 Å². The number of hydrogen-bond donors (Lipinski definition) is 2. The fourth-order valence-corrected chi connectivity index (χ4v) is 2.73. The zero-order valence-corrected chi connectivity index (χ0v) is 13.2. The van der Waals surface area contributed by atoms with Crippen LogP contribution in [0.25, 0.3) is 0 Å². The van der Waals surface area contributed by atoms with Crippen LogP contribution < -0.4 is 15.4 Å². The first-order valence-electron chi connectivity index (χ1n) is 7.55. The maximum Gasteiger partial charge on any atom is 0.220 e. The molecule has 4 nitrogen and oxygen atoms in total. The first-order valence-corrected chi connectivity index (χ1v) is 7.93. The summed E-state index contributed by atoms with van der Waals surface area (Å²) in [4.78, 5) is 11.9. The lowest BCUT2D eigenvalue weighted by Gasteiger charge is -2.28. The Bertz CT molecular complexity index is 467. The van der Waals surface area contributed by atoms with Gasteiger partial charge in [-0.1, -0.05) is 23.7 Å². The van der Waals surface area contributed by atoms with Crippen LogP contribution in [0.5, 0.6) is 5.75 Å². The van der Waals surface area contributed by atoms with Gasteiger partial charge in [-0.3, -0.25) is 4.79 Å². The molecule has 1 aliphatic heterocycles. The Labute approximate surface area is 131 Å². The average Bonchev–Trinajstić information content (AvgIpc) is 2.45. The largest absolute Gasteiger partial charge is 0.492 e. The van der Waals surface area contributed by atoms with E-state index in [2.05, 4.69) is 17.6 Å². The van der Waals surface area contributed by atoms with Gasteiger partial charge in [0, 0.05) is 18.5 Å². The van der Waals surface area contributed by atoms with Crippen LogP contribution in [0.3, 0.4) is 0 Å². The molecule has 21 heavy (non-hydrogen) atoms.